The predicted molar refractivity (Wildman–Crippen MR) is 59.7 cm³/mol. The topological polar surface area (TPSA) is 44.4 Å². The van der Waals surface area contributed by atoms with E-state index in [1.165, 1.54) is 25.9 Å². The average Bonchev–Trinajstić information content (AvgIpc) is 2.86. The molecular weight excluding hydrogens is 190 g/mol. The van der Waals surface area contributed by atoms with Crippen molar-refractivity contribution in [3.63, 3.8) is 0 Å². The smallest absolute Gasteiger partial charge is 0.221 e. The Morgan fingerprint density at radius 3 is 2.87 bits per heavy atom. The summed E-state index contributed by atoms with van der Waals surface area (Å²) in [6.45, 7) is 5.27. The van der Waals surface area contributed by atoms with Crippen molar-refractivity contribution in [1.29, 1.82) is 0 Å². The Morgan fingerprint density at radius 1 is 1.40 bits per heavy atom. The zero-order valence-electron chi connectivity index (χ0n) is 9.30. The number of likely N-dealkylation sites (tertiary alicyclic amines) is 1. The molecule has 2 heterocycles. The van der Waals surface area contributed by atoms with Crippen molar-refractivity contribution in [2.24, 2.45) is 0 Å². The van der Waals surface area contributed by atoms with Crippen LogP contribution in [-0.4, -0.2) is 49.6 Å². The highest BCUT2D eigenvalue weighted by Gasteiger charge is 2.17. The van der Waals surface area contributed by atoms with Gasteiger partial charge in [-0.05, 0) is 38.9 Å². The molecule has 0 aromatic carbocycles. The molecule has 4 nitrogen and oxygen atoms in total. The maximum absolute atomic E-state index is 11.6. The van der Waals surface area contributed by atoms with Gasteiger partial charge in [0.2, 0.25) is 5.91 Å². The Hall–Kier alpha value is -0.610. The van der Waals surface area contributed by atoms with Gasteiger partial charge in [-0.15, -0.1) is 0 Å². The summed E-state index contributed by atoms with van der Waals surface area (Å²) in [5.74, 6) is 0.218. The highest BCUT2D eigenvalue weighted by Crippen LogP contribution is 2.07. The second kappa shape index (κ2) is 5.47. The fourth-order valence-corrected chi connectivity index (χ4v) is 2.34. The van der Waals surface area contributed by atoms with E-state index < -0.39 is 0 Å². The maximum Gasteiger partial charge on any atom is 0.221 e. The SMILES string of the molecule is O=C(CCN1CCCC1)NC1CCNC1. The first kappa shape index (κ1) is 10.9. The summed E-state index contributed by atoms with van der Waals surface area (Å²) < 4.78 is 0. The van der Waals surface area contributed by atoms with Crippen molar-refractivity contribution in [1.82, 2.24) is 15.5 Å². The summed E-state index contributed by atoms with van der Waals surface area (Å²) in [4.78, 5) is 14.0. The van der Waals surface area contributed by atoms with Crippen LogP contribution in [0.4, 0.5) is 0 Å². The molecule has 2 aliphatic rings. The first-order valence-electron chi connectivity index (χ1n) is 6.07. The van der Waals surface area contributed by atoms with Crippen molar-refractivity contribution >= 4 is 5.91 Å². The van der Waals surface area contributed by atoms with Gasteiger partial charge in [0.1, 0.15) is 0 Å². The van der Waals surface area contributed by atoms with Gasteiger partial charge < -0.3 is 15.5 Å². The number of carbonyl (C=O) groups is 1. The molecule has 1 amide bonds. The van der Waals surface area contributed by atoms with Gasteiger partial charge in [-0.3, -0.25) is 4.79 Å². The molecule has 0 saturated carbocycles. The first-order valence-corrected chi connectivity index (χ1v) is 6.07. The minimum absolute atomic E-state index is 0.218. The van der Waals surface area contributed by atoms with Crippen LogP contribution in [0.5, 0.6) is 0 Å². The quantitative estimate of drug-likeness (QED) is 0.685. The molecule has 4 heteroatoms. The Labute approximate surface area is 91.4 Å². The molecule has 2 saturated heterocycles. The van der Waals surface area contributed by atoms with Crippen LogP contribution in [0.2, 0.25) is 0 Å². The minimum atomic E-state index is 0.218. The number of nitrogens with zero attached hydrogens (tertiary/aromatic N) is 1. The summed E-state index contributed by atoms with van der Waals surface area (Å²) in [5, 5.41) is 6.32. The average molecular weight is 211 g/mol. The fourth-order valence-electron chi connectivity index (χ4n) is 2.34. The van der Waals surface area contributed by atoms with Crippen LogP contribution in [0.1, 0.15) is 25.7 Å². The third-order valence-electron chi connectivity index (χ3n) is 3.28. The molecule has 1 unspecified atom stereocenters. The van der Waals surface area contributed by atoms with Gasteiger partial charge in [-0.1, -0.05) is 0 Å². The highest BCUT2D eigenvalue weighted by molar-refractivity contribution is 5.76. The summed E-state index contributed by atoms with van der Waals surface area (Å²) in [6, 6.07) is 0.371. The number of nitrogens with one attached hydrogen (secondary N) is 2. The lowest BCUT2D eigenvalue weighted by molar-refractivity contribution is -0.121. The largest absolute Gasteiger partial charge is 0.352 e. The molecule has 15 heavy (non-hydrogen) atoms. The van der Waals surface area contributed by atoms with E-state index in [0.717, 1.165) is 26.1 Å². The Bertz CT molecular complexity index is 208. The van der Waals surface area contributed by atoms with Crippen LogP contribution < -0.4 is 10.6 Å². The Morgan fingerprint density at radius 2 is 2.20 bits per heavy atom. The zero-order chi connectivity index (χ0) is 10.5. The first-order chi connectivity index (χ1) is 7.34. The van der Waals surface area contributed by atoms with E-state index in [0.29, 0.717) is 12.5 Å². The molecule has 2 aliphatic heterocycles. The van der Waals surface area contributed by atoms with Gasteiger partial charge >= 0.3 is 0 Å². The molecule has 2 fully saturated rings. The third kappa shape index (κ3) is 3.47. The lowest BCUT2D eigenvalue weighted by atomic mass is 10.2. The molecule has 0 bridgehead atoms. The van der Waals surface area contributed by atoms with Gasteiger partial charge in [0.25, 0.3) is 0 Å². The van der Waals surface area contributed by atoms with Crippen molar-refractivity contribution in [2.75, 3.05) is 32.7 Å². The van der Waals surface area contributed by atoms with E-state index in [9.17, 15) is 4.79 Å². The Kier molecular flexibility index (Phi) is 3.97. The number of carbonyl (C=O) groups excluding carboxylic acids is 1. The van der Waals surface area contributed by atoms with Crippen molar-refractivity contribution < 1.29 is 4.79 Å². The van der Waals surface area contributed by atoms with Gasteiger partial charge in [0.15, 0.2) is 0 Å². The molecule has 2 rings (SSSR count). The molecular formula is C11H21N3O. The molecule has 0 aromatic rings. The van der Waals surface area contributed by atoms with Crippen LogP contribution >= 0.6 is 0 Å². The van der Waals surface area contributed by atoms with E-state index in [1.807, 2.05) is 0 Å². The van der Waals surface area contributed by atoms with Crippen LogP contribution in [0.3, 0.4) is 0 Å². The second-order valence-corrected chi connectivity index (χ2v) is 4.56. The second-order valence-electron chi connectivity index (χ2n) is 4.56. The number of hydrogen-bond donors (Lipinski definition) is 2. The lowest BCUT2D eigenvalue weighted by Gasteiger charge is -2.15. The van der Waals surface area contributed by atoms with Crippen LogP contribution in [-0.2, 0) is 4.79 Å². The van der Waals surface area contributed by atoms with Gasteiger partial charge in [0.05, 0.1) is 0 Å². The summed E-state index contributed by atoms with van der Waals surface area (Å²) >= 11 is 0. The number of rotatable bonds is 4. The van der Waals surface area contributed by atoms with E-state index in [1.54, 1.807) is 0 Å². The van der Waals surface area contributed by atoms with E-state index in [-0.39, 0.29) is 5.91 Å². The molecule has 0 radical (unpaired) electrons. The summed E-state index contributed by atoms with van der Waals surface area (Å²) in [6.07, 6.45) is 4.34. The lowest BCUT2D eigenvalue weighted by Crippen LogP contribution is -2.37. The number of amides is 1. The standard InChI is InChI=1S/C11H21N3O/c15-11(13-10-3-5-12-9-10)4-8-14-6-1-2-7-14/h10,12H,1-9H2,(H,13,15). The monoisotopic (exact) mass is 211 g/mol. The van der Waals surface area contributed by atoms with E-state index in [4.69, 9.17) is 0 Å². The number of hydrogen-bond acceptors (Lipinski definition) is 3. The zero-order valence-corrected chi connectivity index (χ0v) is 9.30. The molecule has 0 aromatic heterocycles. The van der Waals surface area contributed by atoms with Crippen LogP contribution in [0.25, 0.3) is 0 Å². The normalized spacial score (nSPS) is 27.1. The summed E-state index contributed by atoms with van der Waals surface area (Å²) in [5.41, 5.74) is 0. The predicted octanol–water partition coefficient (Wildman–Crippen LogP) is -0.0496. The highest BCUT2D eigenvalue weighted by atomic mass is 16.1. The van der Waals surface area contributed by atoms with Crippen molar-refractivity contribution in [3.8, 4) is 0 Å². The van der Waals surface area contributed by atoms with Gasteiger partial charge in [-0.25, -0.2) is 0 Å². The molecule has 86 valence electrons. The fraction of sp³-hybridized carbons (Fsp3) is 0.909. The van der Waals surface area contributed by atoms with E-state index >= 15 is 0 Å². The van der Waals surface area contributed by atoms with Gasteiger partial charge in [0, 0.05) is 25.6 Å². The molecule has 0 aliphatic carbocycles. The van der Waals surface area contributed by atoms with Crippen molar-refractivity contribution in [3.05, 3.63) is 0 Å². The summed E-state index contributed by atoms with van der Waals surface area (Å²) in [7, 11) is 0. The Balaban J connectivity index is 1.59. The van der Waals surface area contributed by atoms with Crippen LogP contribution in [0, 0.1) is 0 Å². The molecule has 2 N–H and O–H groups in total. The van der Waals surface area contributed by atoms with E-state index in [2.05, 4.69) is 15.5 Å². The maximum atomic E-state index is 11.6. The molecule has 1 atom stereocenters. The third-order valence-corrected chi connectivity index (χ3v) is 3.28. The van der Waals surface area contributed by atoms with Gasteiger partial charge in [-0.2, -0.15) is 0 Å². The van der Waals surface area contributed by atoms with Crippen molar-refractivity contribution in [2.45, 2.75) is 31.7 Å². The van der Waals surface area contributed by atoms with Crippen LogP contribution in [0.15, 0.2) is 0 Å². The minimum Gasteiger partial charge on any atom is -0.352 e. The molecule has 0 spiro atoms.